The second kappa shape index (κ2) is 5.48. The summed E-state index contributed by atoms with van der Waals surface area (Å²) in [7, 11) is 0. The highest BCUT2D eigenvalue weighted by atomic mass is 16.2. The van der Waals surface area contributed by atoms with Crippen LogP contribution in [0.15, 0.2) is 12.2 Å². The van der Waals surface area contributed by atoms with Crippen molar-refractivity contribution in [1.82, 2.24) is 10.2 Å². The van der Waals surface area contributed by atoms with Crippen LogP contribution >= 0.6 is 0 Å². The second-order valence-corrected chi connectivity index (χ2v) is 4.72. The molecule has 3 nitrogen and oxygen atoms in total. The Labute approximate surface area is 97.9 Å². The van der Waals surface area contributed by atoms with Crippen molar-refractivity contribution in [2.75, 3.05) is 13.1 Å². The molecule has 0 spiro atoms. The lowest BCUT2D eigenvalue weighted by atomic mass is 9.96. The summed E-state index contributed by atoms with van der Waals surface area (Å²) in [6, 6.07) is 0.531. The molecule has 2 atom stereocenters. The van der Waals surface area contributed by atoms with Crippen LogP contribution in [0, 0.1) is 0 Å². The Balaban J connectivity index is 1.98. The van der Waals surface area contributed by atoms with E-state index in [4.69, 9.17) is 0 Å². The van der Waals surface area contributed by atoms with Crippen molar-refractivity contribution < 1.29 is 4.79 Å². The van der Waals surface area contributed by atoms with Crippen LogP contribution in [0.5, 0.6) is 0 Å². The van der Waals surface area contributed by atoms with Crippen molar-refractivity contribution >= 4 is 5.91 Å². The highest BCUT2D eigenvalue weighted by molar-refractivity contribution is 5.83. The van der Waals surface area contributed by atoms with Crippen molar-refractivity contribution in [3.8, 4) is 0 Å². The second-order valence-electron chi connectivity index (χ2n) is 4.72. The molecule has 0 aromatic heterocycles. The van der Waals surface area contributed by atoms with Gasteiger partial charge in [0.2, 0.25) is 5.91 Å². The van der Waals surface area contributed by atoms with Crippen LogP contribution in [0.4, 0.5) is 0 Å². The monoisotopic (exact) mass is 222 g/mol. The molecule has 1 amide bonds. The molecule has 90 valence electrons. The Kier molecular flexibility index (Phi) is 3.99. The number of nitrogens with zero attached hydrogens (tertiary/aromatic N) is 1. The number of nitrogens with one attached hydrogen (secondary N) is 1. The van der Waals surface area contributed by atoms with E-state index in [1.165, 1.54) is 0 Å². The quantitative estimate of drug-likeness (QED) is 0.737. The van der Waals surface area contributed by atoms with Gasteiger partial charge in [0.15, 0.2) is 0 Å². The molecule has 0 radical (unpaired) electrons. The molecule has 16 heavy (non-hydrogen) atoms. The minimum atomic E-state index is 0.0738. The van der Waals surface area contributed by atoms with Crippen molar-refractivity contribution in [3.63, 3.8) is 0 Å². The smallest absolute Gasteiger partial charge is 0.239 e. The molecule has 1 fully saturated rings. The highest BCUT2D eigenvalue weighted by Crippen LogP contribution is 2.22. The van der Waals surface area contributed by atoms with Crippen LogP contribution < -0.4 is 5.32 Å². The van der Waals surface area contributed by atoms with E-state index >= 15 is 0 Å². The summed E-state index contributed by atoms with van der Waals surface area (Å²) >= 11 is 0. The molecule has 1 N–H and O–H groups in total. The van der Waals surface area contributed by atoms with E-state index in [1.807, 2.05) is 0 Å². The van der Waals surface area contributed by atoms with Crippen molar-refractivity contribution in [2.24, 2.45) is 0 Å². The number of likely N-dealkylation sites (N-methyl/N-ethyl adjacent to an activating group) is 1. The number of carbonyl (C=O) groups excluding carboxylic acids is 1. The summed E-state index contributed by atoms with van der Waals surface area (Å²) in [5.41, 5.74) is 0. The lowest BCUT2D eigenvalue weighted by Gasteiger charge is -2.39. The highest BCUT2D eigenvalue weighted by Gasteiger charge is 2.32. The first-order valence-corrected chi connectivity index (χ1v) is 6.51. The first-order chi connectivity index (χ1) is 7.83. The van der Waals surface area contributed by atoms with Gasteiger partial charge in [0.25, 0.3) is 0 Å². The number of carbonyl (C=O) groups is 1. The van der Waals surface area contributed by atoms with E-state index < -0.39 is 0 Å². The minimum Gasteiger partial charge on any atom is -0.338 e. The van der Waals surface area contributed by atoms with Crippen LogP contribution in [-0.2, 0) is 4.79 Å². The van der Waals surface area contributed by atoms with Gasteiger partial charge in [-0.3, -0.25) is 4.79 Å². The standard InChI is InChI=1S/C13H22N2O/c1-2-14-12-9-6-10-15(13(12)16)11-7-4-3-5-8-11/h3-4,11-12,14H,2,5-10H2,1H3. The summed E-state index contributed by atoms with van der Waals surface area (Å²) in [6.45, 7) is 3.91. The maximum Gasteiger partial charge on any atom is 0.239 e. The average molecular weight is 222 g/mol. The first kappa shape index (κ1) is 11.6. The van der Waals surface area contributed by atoms with Crippen molar-refractivity contribution in [3.05, 3.63) is 12.2 Å². The molecule has 1 saturated heterocycles. The molecular formula is C13H22N2O. The normalized spacial score (nSPS) is 30.8. The Hall–Kier alpha value is -0.830. The van der Waals surface area contributed by atoms with Gasteiger partial charge in [0.05, 0.1) is 6.04 Å². The lowest BCUT2D eigenvalue weighted by Crippen LogP contribution is -2.54. The predicted molar refractivity (Wildman–Crippen MR) is 65.2 cm³/mol. The molecule has 1 aliphatic heterocycles. The molecule has 3 heteroatoms. The van der Waals surface area contributed by atoms with E-state index in [1.54, 1.807) is 0 Å². The fourth-order valence-electron chi connectivity index (χ4n) is 2.76. The van der Waals surface area contributed by atoms with Crippen molar-refractivity contribution in [2.45, 2.75) is 51.1 Å². The maximum absolute atomic E-state index is 12.3. The third-order valence-electron chi connectivity index (χ3n) is 3.61. The molecule has 0 aromatic carbocycles. The van der Waals surface area contributed by atoms with Gasteiger partial charge in [0.1, 0.15) is 0 Å². The third-order valence-corrected chi connectivity index (χ3v) is 3.61. The van der Waals surface area contributed by atoms with Gasteiger partial charge in [-0.1, -0.05) is 19.1 Å². The fourth-order valence-corrected chi connectivity index (χ4v) is 2.76. The number of amides is 1. The Bertz CT molecular complexity index is 273. The van der Waals surface area contributed by atoms with E-state index in [0.717, 1.165) is 45.2 Å². The molecule has 0 saturated carbocycles. The molecule has 2 rings (SSSR count). The Morgan fingerprint density at radius 3 is 3.00 bits per heavy atom. The van der Waals surface area contributed by atoms with Crippen LogP contribution in [0.1, 0.15) is 39.0 Å². The van der Waals surface area contributed by atoms with E-state index in [9.17, 15) is 4.79 Å². The van der Waals surface area contributed by atoms with Gasteiger partial charge >= 0.3 is 0 Å². The third kappa shape index (κ3) is 2.46. The first-order valence-electron chi connectivity index (χ1n) is 6.51. The number of hydrogen-bond donors (Lipinski definition) is 1. The molecule has 1 heterocycles. The summed E-state index contributed by atoms with van der Waals surface area (Å²) in [6.07, 6.45) is 9.91. The zero-order valence-corrected chi connectivity index (χ0v) is 10.1. The van der Waals surface area contributed by atoms with Gasteiger partial charge in [-0.2, -0.15) is 0 Å². The topological polar surface area (TPSA) is 32.3 Å². The van der Waals surface area contributed by atoms with Gasteiger partial charge in [0, 0.05) is 12.6 Å². The van der Waals surface area contributed by atoms with Crippen LogP contribution in [-0.4, -0.2) is 36.0 Å². The fraction of sp³-hybridized carbons (Fsp3) is 0.769. The summed E-state index contributed by atoms with van der Waals surface area (Å²) in [5.74, 6) is 0.327. The molecule has 2 aliphatic rings. The number of rotatable bonds is 3. The zero-order chi connectivity index (χ0) is 11.4. The van der Waals surface area contributed by atoms with Crippen LogP contribution in [0.3, 0.4) is 0 Å². The van der Waals surface area contributed by atoms with E-state index in [-0.39, 0.29) is 6.04 Å². The van der Waals surface area contributed by atoms with Crippen LogP contribution in [0.25, 0.3) is 0 Å². The van der Waals surface area contributed by atoms with E-state index in [0.29, 0.717) is 11.9 Å². The van der Waals surface area contributed by atoms with Crippen LogP contribution in [0.2, 0.25) is 0 Å². The molecule has 0 aromatic rings. The summed E-state index contributed by atoms with van der Waals surface area (Å²) in [4.78, 5) is 14.4. The predicted octanol–water partition coefficient (Wildman–Crippen LogP) is 1.70. The number of piperidine rings is 1. The Morgan fingerprint density at radius 1 is 1.44 bits per heavy atom. The number of allylic oxidation sites excluding steroid dienone is 1. The molecule has 1 aliphatic carbocycles. The average Bonchev–Trinajstić information content (AvgIpc) is 2.33. The van der Waals surface area contributed by atoms with Gasteiger partial charge in [-0.25, -0.2) is 0 Å². The number of hydrogen-bond acceptors (Lipinski definition) is 2. The van der Waals surface area contributed by atoms with E-state index in [2.05, 4.69) is 29.3 Å². The Morgan fingerprint density at radius 2 is 2.31 bits per heavy atom. The SMILES string of the molecule is CCNC1CCCN(C2CC=CCC2)C1=O. The maximum atomic E-state index is 12.3. The lowest BCUT2D eigenvalue weighted by molar-refractivity contribution is -0.138. The molecule has 2 unspecified atom stereocenters. The summed E-state index contributed by atoms with van der Waals surface area (Å²) < 4.78 is 0. The van der Waals surface area contributed by atoms with Gasteiger partial charge in [-0.05, 0) is 38.6 Å². The van der Waals surface area contributed by atoms with Crippen molar-refractivity contribution in [1.29, 1.82) is 0 Å². The zero-order valence-electron chi connectivity index (χ0n) is 10.1. The van der Waals surface area contributed by atoms with Gasteiger partial charge < -0.3 is 10.2 Å². The largest absolute Gasteiger partial charge is 0.338 e. The summed E-state index contributed by atoms with van der Waals surface area (Å²) in [5, 5.41) is 3.29. The van der Waals surface area contributed by atoms with Gasteiger partial charge in [-0.15, -0.1) is 0 Å². The minimum absolute atomic E-state index is 0.0738. The molecule has 0 bridgehead atoms. The number of likely N-dealkylation sites (tertiary alicyclic amines) is 1. The molecular weight excluding hydrogens is 200 g/mol.